The van der Waals surface area contributed by atoms with Gasteiger partial charge in [0.1, 0.15) is 0 Å². The van der Waals surface area contributed by atoms with Crippen LogP contribution >= 0.6 is 0 Å². The van der Waals surface area contributed by atoms with E-state index in [0.717, 1.165) is 0 Å². The second kappa shape index (κ2) is 10.1. The third-order valence-corrected chi connectivity index (χ3v) is 11.8. The van der Waals surface area contributed by atoms with Crippen LogP contribution in [0.4, 0.5) is 0 Å². The number of halogens is 2. The molecule has 3 aromatic carbocycles. The van der Waals surface area contributed by atoms with Gasteiger partial charge in [-0.15, -0.1) is 0 Å². The van der Waals surface area contributed by atoms with Crippen LogP contribution < -0.4 is 24.8 Å². The third kappa shape index (κ3) is 3.99. The SMILES string of the molecule is Cc1cc2ccccc2n1C1=Cc2ccccc2[CH]1[Zr+2][CH]1C(n2cccc2)=Cc2ccccc21.[Cl-].[Cl-]. The maximum atomic E-state index is 2.53. The second-order valence-corrected chi connectivity index (χ2v) is 12.9. The number of allylic oxidation sites excluding steroid dienone is 2. The van der Waals surface area contributed by atoms with Crippen molar-refractivity contribution < 1.29 is 48.0 Å². The average molecular weight is 587 g/mol. The summed E-state index contributed by atoms with van der Waals surface area (Å²) in [5.74, 6) is 0. The molecule has 2 aliphatic rings. The summed E-state index contributed by atoms with van der Waals surface area (Å²) in [6, 6.07) is 33.5. The van der Waals surface area contributed by atoms with Gasteiger partial charge in [-0.25, -0.2) is 0 Å². The van der Waals surface area contributed by atoms with E-state index in [-0.39, 0.29) is 24.8 Å². The summed E-state index contributed by atoms with van der Waals surface area (Å²) >= 11 is -1.03. The Morgan fingerprint density at radius 2 is 1.19 bits per heavy atom. The van der Waals surface area contributed by atoms with Crippen LogP contribution in [0, 0.1) is 6.92 Å². The van der Waals surface area contributed by atoms with Gasteiger partial charge >= 0.3 is 212 Å². The van der Waals surface area contributed by atoms with Gasteiger partial charge in [-0.3, -0.25) is 0 Å². The van der Waals surface area contributed by atoms with Gasteiger partial charge in [-0.1, -0.05) is 0 Å². The molecule has 176 valence electrons. The van der Waals surface area contributed by atoms with Gasteiger partial charge in [0.15, 0.2) is 0 Å². The molecule has 7 rings (SSSR count). The molecule has 2 unspecified atom stereocenters. The van der Waals surface area contributed by atoms with E-state index in [4.69, 9.17) is 0 Å². The first-order valence-corrected chi connectivity index (χ1v) is 14.7. The zero-order valence-corrected chi connectivity index (χ0v) is 23.7. The largest absolute Gasteiger partial charge is 1.00 e. The zero-order chi connectivity index (χ0) is 22.6. The Bertz CT molecular complexity index is 1610. The maximum absolute atomic E-state index is 2.53. The number of fused-ring (bicyclic) bond motifs is 3. The Kier molecular flexibility index (Phi) is 7.01. The molecular formula is C31H24Cl2N2Zr. The van der Waals surface area contributed by atoms with Gasteiger partial charge in [0, 0.05) is 0 Å². The molecule has 0 saturated heterocycles. The number of benzene rings is 3. The Morgan fingerprint density at radius 3 is 1.89 bits per heavy atom. The molecule has 2 atom stereocenters. The molecule has 5 aromatic rings. The minimum atomic E-state index is -1.03. The first-order valence-electron chi connectivity index (χ1n) is 11.9. The van der Waals surface area contributed by atoms with Crippen molar-refractivity contribution in [2.24, 2.45) is 0 Å². The van der Waals surface area contributed by atoms with Crippen molar-refractivity contribution >= 4 is 34.4 Å². The van der Waals surface area contributed by atoms with Crippen molar-refractivity contribution in [2.45, 2.75) is 14.2 Å². The van der Waals surface area contributed by atoms with Crippen molar-refractivity contribution in [3.05, 3.63) is 131 Å². The molecule has 36 heavy (non-hydrogen) atoms. The number of hydrogen-bond donors (Lipinski definition) is 0. The van der Waals surface area contributed by atoms with Gasteiger partial charge in [0.2, 0.25) is 0 Å². The fraction of sp³-hybridized carbons (Fsp3) is 0.0968. The summed E-state index contributed by atoms with van der Waals surface area (Å²) in [4.78, 5) is 0. The molecule has 2 aromatic heterocycles. The molecule has 0 N–H and O–H groups in total. The molecule has 0 bridgehead atoms. The van der Waals surface area contributed by atoms with Crippen molar-refractivity contribution in [3.63, 3.8) is 0 Å². The van der Waals surface area contributed by atoms with E-state index in [2.05, 4.69) is 132 Å². The number of para-hydroxylation sites is 1. The molecule has 0 amide bonds. The predicted molar refractivity (Wildman–Crippen MR) is 138 cm³/mol. The van der Waals surface area contributed by atoms with Crippen LogP contribution in [-0.2, 0) is 23.2 Å². The van der Waals surface area contributed by atoms with Crippen molar-refractivity contribution in [3.8, 4) is 0 Å². The summed E-state index contributed by atoms with van der Waals surface area (Å²) in [7, 11) is 0. The molecule has 0 radical (unpaired) electrons. The standard InChI is InChI=1S/C18H14N.C13H10N.2ClH.Zr/c1-13-10-16-8-4-5-9-18(16)19(13)17-11-14-6-2-3-7-15(14)12-17;1-2-6-12-10-13(9-11(12)5-1)14-7-3-4-8-14;;;/h2-12H,1H3;1-10H;2*1H;/q;;;;+2/p-2. The maximum Gasteiger partial charge on any atom is -1.00 e. The Balaban J connectivity index is 0.00000133. The molecule has 0 spiro atoms. The smallest absolute Gasteiger partial charge is 1.00 e. The molecular weight excluding hydrogens is 562 g/mol. The Labute approximate surface area is 235 Å². The first kappa shape index (κ1) is 25.1. The van der Waals surface area contributed by atoms with Gasteiger partial charge in [0.05, 0.1) is 0 Å². The minimum absolute atomic E-state index is 0. The van der Waals surface area contributed by atoms with E-state index in [1.165, 1.54) is 50.2 Å². The molecule has 2 nitrogen and oxygen atoms in total. The fourth-order valence-electron chi connectivity index (χ4n) is 5.69. The number of aryl methyl sites for hydroxylation is 1. The van der Waals surface area contributed by atoms with Crippen molar-refractivity contribution in [1.29, 1.82) is 0 Å². The van der Waals surface area contributed by atoms with E-state index in [9.17, 15) is 0 Å². The van der Waals surface area contributed by atoms with Crippen LogP contribution in [0.15, 0.2) is 103 Å². The predicted octanol–water partition coefficient (Wildman–Crippen LogP) is 1.65. The van der Waals surface area contributed by atoms with Crippen LogP contribution in [-0.4, -0.2) is 9.13 Å². The first-order chi connectivity index (χ1) is 16.8. The Hall–Kier alpha value is -2.58. The average Bonchev–Trinajstić information content (AvgIpc) is 3.63. The number of nitrogens with zero attached hydrogens (tertiary/aromatic N) is 2. The molecule has 5 heteroatoms. The normalized spacial score (nSPS) is 17.4. The van der Waals surface area contributed by atoms with Crippen molar-refractivity contribution in [1.82, 2.24) is 9.13 Å². The Morgan fingerprint density at radius 1 is 0.639 bits per heavy atom. The topological polar surface area (TPSA) is 9.86 Å². The van der Waals surface area contributed by atoms with Gasteiger partial charge in [-0.05, 0) is 0 Å². The summed E-state index contributed by atoms with van der Waals surface area (Å²) in [6.45, 7) is 2.25. The third-order valence-electron chi connectivity index (χ3n) is 7.20. The second-order valence-electron chi connectivity index (χ2n) is 9.20. The van der Waals surface area contributed by atoms with E-state index < -0.39 is 23.2 Å². The molecule has 0 aliphatic heterocycles. The van der Waals surface area contributed by atoms with Gasteiger partial charge < -0.3 is 24.8 Å². The van der Waals surface area contributed by atoms with Gasteiger partial charge in [0.25, 0.3) is 0 Å². The van der Waals surface area contributed by atoms with E-state index in [0.29, 0.717) is 7.25 Å². The number of aromatic nitrogens is 2. The van der Waals surface area contributed by atoms with E-state index >= 15 is 0 Å². The van der Waals surface area contributed by atoms with Crippen LogP contribution in [0.3, 0.4) is 0 Å². The zero-order valence-electron chi connectivity index (χ0n) is 19.8. The summed E-state index contributed by atoms with van der Waals surface area (Å²) in [5.41, 5.74) is 11.3. The fourth-order valence-corrected chi connectivity index (χ4v) is 10.6. The van der Waals surface area contributed by atoms with Crippen LogP contribution in [0.25, 0.3) is 34.4 Å². The molecule has 2 aliphatic carbocycles. The quantitative estimate of drug-likeness (QED) is 0.303. The molecule has 0 saturated carbocycles. The van der Waals surface area contributed by atoms with Gasteiger partial charge in [-0.2, -0.15) is 0 Å². The molecule has 2 heterocycles. The van der Waals surface area contributed by atoms with Crippen LogP contribution in [0.2, 0.25) is 0 Å². The van der Waals surface area contributed by atoms with E-state index in [1.54, 1.807) is 0 Å². The van der Waals surface area contributed by atoms with E-state index in [1.807, 2.05) is 0 Å². The number of hydrogen-bond acceptors (Lipinski definition) is 0. The monoisotopic (exact) mass is 584 g/mol. The summed E-state index contributed by atoms with van der Waals surface area (Å²) < 4.78 is 5.87. The summed E-state index contributed by atoms with van der Waals surface area (Å²) in [5, 5.41) is 1.32. The minimum Gasteiger partial charge on any atom is -1.00 e. The van der Waals surface area contributed by atoms with Crippen molar-refractivity contribution in [2.75, 3.05) is 0 Å². The molecule has 0 fully saturated rings. The van der Waals surface area contributed by atoms with Crippen LogP contribution in [0.1, 0.15) is 35.2 Å². The summed E-state index contributed by atoms with van der Waals surface area (Å²) in [6.07, 6.45) is 9.28. The van der Waals surface area contributed by atoms with Crippen LogP contribution in [0.5, 0.6) is 0 Å². The number of rotatable bonds is 4.